The Bertz CT molecular complexity index is 292. The van der Waals surface area contributed by atoms with E-state index in [2.05, 4.69) is 20.8 Å². The Hall–Kier alpha value is -0.830. The van der Waals surface area contributed by atoms with Crippen molar-refractivity contribution < 1.29 is 9.90 Å². The van der Waals surface area contributed by atoms with Crippen molar-refractivity contribution in [3.05, 3.63) is 11.1 Å². The van der Waals surface area contributed by atoms with Gasteiger partial charge in [0.05, 0.1) is 6.42 Å². The van der Waals surface area contributed by atoms with Crippen molar-refractivity contribution in [2.24, 2.45) is 11.1 Å². The molecule has 0 aromatic rings. The SMILES string of the molecule is CC1=C(C(N)CC(=O)O)C(C)(C)CCC1. The highest BCUT2D eigenvalue weighted by Gasteiger charge is 2.32. The van der Waals surface area contributed by atoms with Crippen LogP contribution in [-0.2, 0) is 4.79 Å². The van der Waals surface area contributed by atoms with E-state index < -0.39 is 5.97 Å². The molecule has 0 aromatic carbocycles. The predicted octanol–water partition coefficient (Wildman–Crippen LogP) is 2.32. The minimum atomic E-state index is -0.816. The molecule has 1 aliphatic carbocycles. The van der Waals surface area contributed by atoms with Crippen LogP contribution in [0.5, 0.6) is 0 Å². The summed E-state index contributed by atoms with van der Waals surface area (Å²) in [6, 6.07) is -0.321. The average Bonchev–Trinajstić information content (AvgIpc) is 1.99. The maximum Gasteiger partial charge on any atom is 0.305 e. The van der Waals surface area contributed by atoms with Crippen molar-refractivity contribution in [3.63, 3.8) is 0 Å². The summed E-state index contributed by atoms with van der Waals surface area (Å²) in [6.45, 7) is 6.40. The molecule has 0 amide bonds. The molecule has 0 fully saturated rings. The summed E-state index contributed by atoms with van der Waals surface area (Å²) in [6.07, 6.45) is 3.39. The van der Waals surface area contributed by atoms with Crippen LogP contribution in [0.3, 0.4) is 0 Å². The number of carboxylic acids is 1. The maximum atomic E-state index is 10.7. The number of carboxylic acid groups (broad SMARTS) is 1. The normalized spacial score (nSPS) is 22.7. The Balaban J connectivity index is 2.92. The lowest BCUT2D eigenvalue weighted by atomic mass is 9.69. The Kier molecular flexibility index (Phi) is 3.55. The molecule has 0 spiro atoms. The molecule has 0 bridgehead atoms. The Morgan fingerprint density at radius 2 is 2.20 bits per heavy atom. The number of aliphatic carboxylic acids is 1. The van der Waals surface area contributed by atoms with Crippen LogP contribution >= 0.6 is 0 Å². The van der Waals surface area contributed by atoms with Crippen molar-refractivity contribution in [2.75, 3.05) is 0 Å². The molecular weight excluding hydrogens is 190 g/mol. The number of hydrogen-bond acceptors (Lipinski definition) is 2. The number of allylic oxidation sites excluding steroid dienone is 1. The van der Waals surface area contributed by atoms with E-state index in [1.54, 1.807) is 0 Å². The van der Waals surface area contributed by atoms with E-state index in [0.717, 1.165) is 18.4 Å². The summed E-state index contributed by atoms with van der Waals surface area (Å²) in [5, 5.41) is 8.77. The minimum Gasteiger partial charge on any atom is -0.481 e. The van der Waals surface area contributed by atoms with Gasteiger partial charge in [0.25, 0.3) is 0 Å². The van der Waals surface area contributed by atoms with Gasteiger partial charge in [0.2, 0.25) is 0 Å². The first-order chi connectivity index (χ1) is 6.84. The van der Waals surface area contributed by atoms with E-state index >= 15 is 0 Å². The quantitative estimate of drug-likeness (QED) is 0.704. The van der Waals surface area contributed by atoms with Crippen LogP contribution < -0.4 is 5.73 Å². The summed E-state index contributed by atoms with van der Waals surface area (Å²) in [4.78, 5) is 10.7. The molecule has 86 valence electrons. The summed E-state index contributed by atoms with van der Waals surface area (Å²) in [5.41, 5.74) is 8.50. The van der Waals surface area contributed by atoms with E-state index in [9.17, 15) is 4.79 Å². The standard InChI is InChI=1S/C12H21NO2/c1-8-5-4-6-12(2,3)11(8)9(13)7-10(14)15/h9H,4-7,13H2,1-3H3,(H,14,15). The van der Waals surface area contributed by atoms with Crippen LogP contribution in [0.4, 0.5) is 0 Å². The van der Waals surface area contributed by atoms with Crippen molar-refractivity contribution in [1.82, 2.24) is 0 Å². The van der Waals surface area contributed by atoms with E-state index in [1.807, 2.05) is 0 Å². The molecule has 0 aromatic heterocycles. The van der Waals surface area contributed by atoms with Crippen LogP contribution in [0.1, 0.15) is 46.5 Å². The van der Waals surface area contributed by atoms with Gasteiger partial charge in [-0.1, -0.05) is 19.4 Å². The van der Waals surface area contributed by atoms with Gasteiger partial charge in [-0.15, -0.1) is 0 Å². The fourth-order valence-corrected chi connectivity index (χ4v) is 2.75. The number of carbonyl (C=O) groups is 1. The van der Waals surface area contributed by atoms with E-state index in [-0.39, 0.29) is 17.9 Å². The van der Waals surface area contributed by atoms with Crippen molar-refractivity contribution >= 4 is 5.97 Å². The second kappa shape index (κ2) is 4.35. The van der Waals surface area contributed by atoms with Gasteiger partial charge in [0.15, 0.2) is 0 Å². The van der Waals surface area contributed by atoms with Crippen LogP contribution in [0.25, 0.3) is 0 Å². The molecule has 0 saturated heterocycles. The molecule has 1 rings (SSSR count). The molecule has 3 heteroatoms. The van der Waals surface area contributed by atoms with Gasteiger partial charge in [-0.05, 0) is 37.2 Å². The van der Waals surface area contributed by atoms with Crippen LogP contribution in [0.15, 0.2) is 11.1 Å². The van der Waals surface area contributed by atoms with E-state index in [4.69, 9.17) is 10.8 Å². The third-order valence-corrected chi connectivity index (χ3v) is 3.31. The van der Waals surface area contributed by atoms with Gasteiger partial charge in [-0.2, -0.15) is 0 Å². The number of rotatable bonds is 3. The minimum absolute atomic E-state index is 0.0378. The summed E-state index contributed by atoms with van der Waals surface area (Å²) in [7, 11) is 0. The fourth-order valence-electron chi connectivity index (χ4n) is 2.75. The monoisotopic (exact) mass is 211 g/mol. The van der Waals surface area contributed by atoms with Crippen LogP contribution in [0, 0.1) is 5.41 Å². The van der Waals surface area contributed by atoms with Gasteiger partial charge >= 0.3 is 5.97 Å². The highest BCUT2D eigenvalue weighted by Crippen LogP contribution is 2.41. The van der Waals surface area contributed by atoms with Crippen LogP contribution in [-0.4, -0.2) is 17.1 Å². The molecule has 1 atom stereocenters. The Morgan fingerprint density at radius 1 is 1.60 bits per heavy atom. The second-order valence-corrected chi connectivity index (χ2v) is 5.14. The topological polar surface area (TPSA) is 63.3 Å². The molecule has 15 heavy (non-hydrogen) atoms. The van der Waals surface area contributed by atoms with Gasteiger partial charge in [-0.25, -0.2) is 0 Å². The van der Waals surface area contributed by atoms with Gasteiger partial charge in [0, 0.05) is 6.04 Å². The maximum absolute atomic E-state index is 10.7. The zero-order valence-electron chi connectivity index (χ0n) is 9.84. The van der Waals surface area contributed by atoms with Crippen LogP contribution in [0.2, 0.25) is 0 Å². The largest absolute Gasteiger partial charge is 0.481 e. The molecule has 1 aliphatic rings. The fraction of sp³-hybridized carbons (Fsp3) is 0.750. The molecule has 0 radical (unpaired) electrons. The average molecular weight is 211 g/mol. The predicted molar refractivity (Wildman–Crippen MR) is 60.6 cm³/mol. The third-order valence-electron chi connectivity index (χ3n) is 3.31. The molecule has 1 unspecified atom stereocenters. The summed E-state index contributed by atoms with van der Waals surface area (Å²) < 4.78 is 0. The highest BCUT2D eigenvalue weighted by molar-refractivity contribution is 5.68. The molecule has 0 aliphatic heterocycles. The lowest BCUT2D eigenvalue weighted by molar-refractivity contribution is -0.137. The van der Waals surface area contributed by atoms with Gasteiger partial charge in [-0.3, -0.25) is 4.79 Å². The van der Waals surface area contributed by atoms with E-state index in [1.165, 1.54) is 12.0 Å². The molecular formula is C12H21NO2. The number of hydrogen-bond donors (Lipinski definition) is 2. The first kappa shape index (κ1) is 12.2. The zero-order valence-corrected chi connectivity index (χ0v) is 9.84. The third kappa shape index (κ3) is 2.81. The molecule has 0 saturated carbocycles. The Morgan fingerprint density at radius 3 is 2.67 bits per heavy atom. The van der Waals surface area contributed by atoms with Crippen molar-refractivity contribution in [3.8, 4) is 0 Å². The zero-order chi connectivity index (χ0) is 11.6. The lowest BCUT2D eigenvalue weighted by Gasteiger charge is -2.37. The lowest BCUT2D eigenvalue weighted by Crippen LogP contribution is -2.36. The summed E-state index contributed by atoms with van der Waals surface area (Å²) >= 11 is 0. The van der Waals surface area contributed by atoms with Crippen molar-refractivity contribution in [2.45, 2.75) is 52.5 Å². The van der Waals surface area contributed by atoms with Gasteiger partial charge < -0.3 is 10.8 Å². The first-order valence-electron chi connectivity index (χ1n) is 5.52. The second-order valence-electron chi connectivity index (χ2n) is 5.14. The summed E-state index contributed by atoms with van der Waals surface area (Å²) in [5.74, 6) is -0.816. The molecule has 3 nitrogen and oxygen atoms in total. The Labute approximate surface area is 91.4 Å². The first-order valence-corrected chi connectivity index (χ1v) is 5.52. The molecule has 3 N–H and O–H groups in total. The number of nitrogens with two attached hydrogens (primary N) is 1. The van der Waals surface area contributed by atoms with Gasteiger partial charge in [0.1, 0.15) is 0 Å². The molecule has 0 heterocycles. The van der Waals surface area contributed by atoms with E-state index in [0.29, 0.717) is 0 Å². The highest BCUT2D eigenvalue weighted by atomic mass is 16.4. The smallest absolute Gasteiger partial charge is 0.305 e. The van der Waals surface area contributed by atoms with Crippen molar-refractivity contribution in [1.29, 1.82) is 0 Å².